The number of ether oxygens (including phenoxy) is 1. The Morgan fingerprint density at radius 1 is 0.951 bits per heavy atom. The van der Waals surface area contributed by atoms with E-state index < -0.39 is 10.0 Å². The number of fused-ring (bicyclic) bond motifs is 1. The molecule has 3 aromatic heterocycles. The van der Waals surface area contributed by atoms with Crippen molar-refractivity contribution in [3.05, 3.63) is 91.0 Å². The molecule has 208 valence electrons. The molecule has 4 heterocycles. The standard InChI is InChI=1S/C30H29N7O3S/c1-20-11-12-23-24(8-2-10-27(23)37-41(38,39)22-7-4-15-32-19-22)28(20)40-29-25(9-5-16-33-29)26-13-17-34-30(36-26)35-21-6-3-14-31-18-21/h2,4-5,7-13,15-17,19,21,31,37H,3,6,14,18H2,1H3,(H,34,35,36). The van der Waals surface area contributed by atoms with Crippen molar-refractivity contribution in [3.63, 3.8) is 0 Å². The van der Waals surface area contributed by atoms with Gasteiger partial charge in [0.25, 0.3) is 10.0 Å². The van der Waals surface area contributed by atoms with Crippen LogP contribution in [-0.4, -0.2) is 47.5 Å². The lowest BCUT2D eigenvalue weighted by Gasteiger charge is -2.23. The zero-order chi connectivity index (χ0) is 28.2. The van der Waals surface area contributed by atoms with Crippen LogP contribution in [0.5, 0.6) is 11.6 Å². The average Bonchev–Trinajstić information content (AvgIpc) is 3.00. The number of nitrogens with one attached hydrogen (secondary N) is 3. The summed E-state index contributed by atoms with van der Waals surface area (Å²) in [6.07, 6.45) is 8.40. The third-order valence-corrected chi connectivity index (χ3v) is 8.28. The fourth-order valence-corrected chi connectivity index (χ4v) is 5.92. The first-order valence-electron chi connectivity index (χ1n) is 13.4. The lowest BCUT2D eigenvalue weighted by molar-refractivity contribution is 0.466. The second-order valence-electron chi connectivity index (χ2n) is 9.82. The zero-order valence-electron chi connectivity index (χ0n) is 22.4. The number of rotatable bonds is 8. The highest BCUT2D eigenvalue weighted by Crippen LogP contribution is 2.39. The van der Waals surface area contributed by atoms with Crippen molar-refractivity contribution in [1.29, 1.82) is 0 Å². The Labute approximate surface area is 238 Å². The quantitative estimate of drug-likeness (QED) is 0.233. The summed E-state index contributed by atoms with van der Waals surface area (Å²) in [6, 6.07) is 18.1. The molecule has 0 radical (unpaired) electrons. The average molecular weight is 568 g/mol. The van der Waals surface area contributed by atoms with Gasteiger partial charge in [0.15, 0.2) is 0 Å². The van der Waals surface area contributed by atoms with Crippen LogP contribution in [0.2, 0.25) is 0 Å². The molecule has 3 N–H and O–H groups in total. The molecule has 1 aliphatic heterocycles. The number of anilines is 2. The van der Waals surface area contributed by atoms with E-state index in [2.05, 4.69) is 30.3 Å². The summed E-state index contributed by atoms with van der Waals surface area (Å²) in [7, 11) is -3.83. The van der Waals surface area contributed by atoms with Crippen LogP contribution < -0.4 is 20.1 Å². The van der Waals surface area contributed by atoms with E-state index in [0.29, 0.717) is 39.9 Å². The minimum atomic E-state index is -3.83. The van der Waals surface area contributed by atoms with E-state index >= 15 is 0 Å². The number of aromatic nitrogens is 4. The Kier molecular flexibility index (Phi) is 7.45. The maximum absolute atomic E-state index is 13.0. The Balaban J connectivity index is 1.33. The van der Waals surface area contributed by atoms with Gasteiger partial charge in [-0.25, -0.2) is 23.4 Å². The van der Waals surface area contributed by atoms with Crippen LogP contribution in [-0.2, 0) is 10.0 Å². The molecule has 1 aliphatic rings. The van der Waals surface area contributed by atoms with Crippen molar-refractivity contribution in [2.75, 3.05) is 23.1 Å². The Hall–Kier alpha value is -4.61. The molecule has 1 atom stereocenters. The van der Waals surface area contributed by atoms with E-state index in [1.54, 1.807) is 30.6 Å². The molecular formula is C30H29N7O3S. The highest BCUT2D eigenvalue weighted by atomic mass is 32.2. The van der Waals surface area contributed by atoms with Crippen LogP contribution in [0.3, 0.4) is 0 Å². The normalized spacial score (nSPS) is 15.4. The van der Waals surface area contributed by atoms with E-state index in [0.717, 1.165) is 36.9 Å². The van der Waals surface area contributed by atoms with Gasteiger partial charge in [0.2, 0.25) is 11.8 Å². The van der Waals surface area contributed by atoms with Crippen LogP contribution in [0.15, 0.2) is 90.3 Å². The maximum Gasteiger partial charge on any atom is 0.263 e. The number of aryl methyl sites for hydroxylation is 1. The molecule has 1 saturated heterocycles. The molecule has 10 nitrogen and oxygen atoms in total. The van der Waals surface area contributed by atoms with E-state index in [9.17, 15) is 8.42 Å². The van der Waals surface area contributed by atoms with Crippen LogP contribution in [0.25, 0.3) is 22.0 Å². The van der Waals surface area contributed by atoms with Crippen LogP contribution in [0, 0.1) is 6.92 Å². The third kappa shape index (κ3) is 5.81. The number of sulfonamides is 1. The topological polar surface area (TPSA) is 131 Å². The first kappa shape index (κ1) is 26.6. The van der Waals surface area contributed by atoms with Crippen LogP contribution in [0.4, 0.5) is 11.6 Å². The maximum atomic E-state index is 13.0. The highest BCUT2D eigenvalue weighted by Gasteiger charge is 2.19. The van der Waals surface area contributed by atoms with Crippen LogP contribution in [0.1, 0.15) is 18.4 Å². The minimum absolute atomic E-state index is 0.0807. The summed E-state index contributed by atoms with van der Waals surface area (Å²) in [6.45, 7) is 3.84. The number of benzene rings is 2. The molecule has 5 aromatic rings. The fourth-order valence-electron chi connectivity index (χ4n) is 4.87. The second kappa shape index (κ2) is 11.5. The van der Waals surface area contributed by atoms with Gasteiger partial charge >= 0.3 is 0 Å². The van der Waals surface area contributed by atoms with Crippen molar-refractivity contribution < 1.29 is 13.2 Å². The Bertz CT molecular complexity index is 1790. The van der Waals surface area contributed by atoms with E-state index in [4.69, 9.17) is 9.72 Å². The summed E-state index contributed by atoms with van der Waals surface area (Å²) >= 11 is 0. The van der Waals surface area contributed by atoms with Crippen molar-refractivity contribution >= 4 is 32.4 Å². The monoisotopic (exact) mass is 567 g/mol. The largest absolute Gasteiger partial charge is 0.437 e. The summed E-state index contributed by atoms with van der Waals surface area (Å²) in [5.41, 5.74) is 2.69. The van der Waals surface area contributed by atoms with Gasteiger partial charge in [0.05, 0.1) is 16.9 Å². The minimum Gasteiger partial charge on any atom is -0.437 e. The molecule has 0 saturated carbocycles. The van der Waals surface area contributed by atoms with E-state index in [1.807, 2.05) is 43.3 Å². The molecule has 41 heavy (non-hydrogen) atoms. The van der Waals surface area contributed by atoms with E-state index in [-0.39, 0.29) is 10.9 Å². The lowest BCUT2D eigenvalue weighted by Crippen LogP contribution is -2.38. The first-order valence-corrected chi connectivity index (χ1v) is 14.8. The fraction of sp³-hybridized carbons (Fsp3) is 0.200. The van der Waals surface area contributed by atoms with Gasteiger partial charge < -0.3 is 15.4 Å². The Morgan fingerprint density at radius 3 is 2.68 bits per heavy atom. The molecule has 0 aliphatic carbocycles. The van der Waals surface area contributed by atoms with Gasteiger partial charge in [-0.1, -0.05) is 24.3 Å². The van der Waals surface area contributed by atoms with Crippen molar-refractivity contribution in [2.24, 2.45) is 0 Å². The molecule has 11 heteroatoms. The van der Waals surface area contributed by atoms with Crippen molar-refractivity contribution in [3.8, 4) is 22.9 Å². The predicted molar refractivity (Wildman–Crippen MR) is 159 cm³/mol. The number of piperidine rings is 1. The van der Waals surface area contributed by atoms with Gasteiger partial charge in [-0.3, -0.25) is 9.71 Å². The highest BCUT2D eigenvalue weighted by molar-refractivity contribution is 7.92. The predicted octanol–water partition coefficient (Wildman–Crippen LogP) is 5.15. The van der Waals surface area contributed by atoms with Crippen molar-refractivity contribution in [1.82, 2.24) is 25.3 Å². The zero-order valence-corrected chi connectivity index (χ0v) is 23.2. The molecule has 0 amide bonds. The molecular weight excluding hydrogens is 538 g/mol. The van der Waals surface area contributed by atoms with Gasteiger partial charge in [0.1, 0.15) is 10.6 Å². The van der Waals surface area contributed by atoms with Gasteiger partial charge in [-0.15, -0.1) is 0 Å². The molecule has 6 rings (SSSR count). The third-order valence-electron chi connectivity index (χ3n) is 6.93. The van der Waals surface area contributed by atoms with Gasteiger partial charge in [-0.05, 0) is 68.3 Å². The van der Waals surface area contributed by atoms with Crippen molar-refractivity contribution in [2.45, 2.75) is 30.7 Å². The van der Waals surface area contributed by atoms with Crippen LogP contribution >= 0.6 is 0 Å². The molecule has 0 spiro atoms. The second-order valence-corrected chi connectivity index (χ2v) is 11.5. The van der Waals surface area contributed by atoms with Gasteiger partial charge in [-0.2, -0.15) is 0 Å². The van der Waals surface area contributed by atoms with E-state index in [1.165, 1.54) is 18.5 Å². The summed E-state index contributed by atoms with van der Waals surface area (Å²) < 4.78 is 35.2. The molecule has 1 unspecified atom stereocenters. The smallest absolute Gasteiger partial charge is 0.263 e. The lowest BCUT2D eigenvalue weighted by atomic mass is 10.0. The molecule has 0 bridgehead atoms. The Morgan fingerprint density at radius 2 is 1.85 bits per heavy atom. The first-order chi connectivity index (χ1) is 20.0. The summed E-state index contributed by atoms with van der Waals surface area (Å²) in [5, 5.41) is 8.24. The molecule has 1 fully saturated rings. The number of pyridine rings is 2. The SMILES string of the molecule is Cc1ccc2c(NS(=O)(=O)c3cccnc3)cccc2c1Oc1ncccc1-c1ccnc(NC2CCCNC2)n1. The number of hydrogen-bond acceptors (Lipinski definition) is 9. The number of hydrogen-bond donors (Lipinski definition) is 3. The summed E-state index contributed by atoms with van der Waals surface area (Å²) in [5.74, 6) is 1.51. The number of nitrogens with zero attached hydrogens (tertiary/aromatic N) is 4. The molecule has 2 aromatic carbocycles. The summed E-state index contributed by atoms with van der Waals surface area (Å²) in [4.78, 5) is 17.7. The van der Waals surface area contributed by atoms with Gasteiger partial charge in [0, 0.05) is 48.1 Å².